The van der Waals surface area contributed by atoms with Crippen LogP contribution in [0.4, 0.5) is 13.2 Å². The van der Waals surface area contributed by atoms with Gasteiger partial charge in [-0.15, -0.1) is 0 Å². The third kappa shape index (κ3) is 4.42. The molecule has 0 saturated carbocycles. The minimum absolute atomic E-state index is 0.0781. The Hall–Kier alpha value is -2.38. The lowest BCUT2D eigenvalue weighted by atomic mass is 10.0. The highest BCUT2D eigenvalue weighted by molar-refractivity contribution is 6.13. The molecule has 26 heavy (non-hydrogen) atoms. The fourth-order valence-electron chi connectivity index (χ4n) is 3.29. The van der Waals surface area contributed by atoms with Gasteiger partial charge in [0, 0.05) is 19.5 Å². The van der Waals surface area contributed by atoms with E-state index >= 15 is 0 Å². The van der Waals surface area contributed by atoms with E-state index in [4.69, 9.17) is 0 Å². The number of likely N-dealkylation sites (tertiary alicyclic amines) is 1. The SMILES string of the molecule is O=C(CCC(F)(F)F)N1CCC(N2N=C(c3ccccc3)CC2=O)CC1. The van der Waals surface area contributed by atoms with Crippen LogP contribution in [0.25, 0.3) is 0 Å². The van der Waals surface area contributed by atoms with Gasteiger partial charge < -0.3 is 4.90 Å². The monoisotopic (exact) mass is 367 g/mol. The predicted molar refractivity (Wildman–Crippen MR) is 89.3 cm³/mol. The molecule has 0 spiro atoms. The molecule has 140 valence electrons. The minimum atomic E-state index is -4.32. The molecule has 0 aromatic heterocycles. The Bertz CT molecular complexity index is 695. The quantitative estimate of drug-likeness (QED) is 0.822. The number of alkyl halides is 3. The lowest BCUT2D eigenvalue weighted by Crippen LogP contribution is -2.46. The summed E-state index contributed by atoms with van der Waals surface area (Å²) in [5.74, 6) is -0.562. The molecule has 1 fully saturated rings. The third-order valence-electron chi connectivity index (χ3n) is 4.70. The molecule has 3 rings (SSSR count). The number of carbonyl (C=O) groups is 2. The van der Waals surface area contributed by atoms with E-state index in [-0.39, 0.29) is 18.4 Å². The van der Waals surface area contributed by atoms with Crippen molar-refractivity contribution in [3.63, 3.8) is 0 Å². The van der Waals surface area contributed by atoms with Crippen molar-refractivity contribution in [2.45, 2.75) is 44.3 Å². The van der Waals surface area contributed by atoms with Crippen LogP contribution in [0, 0.1) is 0 Å². The summed E-state index contributed by atoms with van der Waals surface area (Å²) in [7, 11) is 0. The second-order valence-corrected chi connectivity index (χ2v) is 6.55. The molecule has 2 aliphatic rings. The first-order chi connectivity index (χ1) is 12.3. The zero-order valence-corrected chi connectivity index (χ0v) is 14.2. The summed E-state index contributed by atoms with van der Waals surface area (Å²) in [5.41, 5.74) is 1.63. The summed E-state index contributed by atoms with van der Waals surface area (Å²) < 4.78 is 36.7. The zero-order chi connectivity index (χ0) is 18.7. The van der Waals surface area contributed by atoms with Crippen LogP contribution in [-0.2, 0) is 9.59 Å². The van der Waals surface area contributed by atoms with E-state index < -0.39 is 24.9 Å². The van der Waals surface area contributed by atoms with Crippen LogP contribution in [0.1, 0.15) is 37.7 Å². The van der Waals surface area contributed by atoms with Crippen molar-refractivity contribution in [1.82, 2.24) is 9.91 Å². The van der Waals surface area contributed by atoms with E-state index in [9.17, 15) is 22.8 Å². The summed E-state index contributed by atoms with van der Waals surface area (Å²) in [6.45, 7) is 0.697. The van der Waals surface area contributed by atoms with Gasteiger partial charge in [-0.1, -0.05) is 30.3 Å². The van der Waals surface area contributed by atoms with E-state index in [2.05, 4.69) is 5.10 Å². The third-order valence-corrected chi connectivity index (χ3v) is 4.70. The molecule has 0 radical (unpaired) electrons. The smallest absolute Gasteiger partial charge is 0.343 e. The van der Waals surface area contributed by atoms with Crippen molar-refractivity contribution in [2.24, 2.45) is 5.10 Å². The summed E-state index contributed by atoms with van der Waals surface area (Å²) >= 11 is 0. The number of piperidine rings is 1. The van der Waals surface area contributed by atoms with Gasteiger partial charge in [0.1, 0.15) is 0 Å². The first-order valence-electron chi connectivity index (χ1n) is 8.63. The highest BCUT2D eigenvalue weighted by atomic mass is 19.4. The minimum Gasteiger partial charge on any atom is -0.343 e. The van der Waals surface area contributed by atoms with Crippen LogP contribution < -0.4 is 0 Å². The number of benzene rings is 1. The number of amides is 2. The molecule has 2 aliphatic heterocycles. The van der Waals surface area contributed by atoms with Crippen LogP contribution in [0.5, 0.6) is 0 Å². The Morgan fingerprint density at radius 1 is 1.15 bits per heavy atom. The van der Waals surface area contributed by atoms with E-state index in [0.29, 0.717) is 25.9 Å². The lowest BCUT2D eigenvalue weighted by molar-refractivity contribution is -0.150. The second-order valence-electron chi connectivity index (χ2n) is 6.55. The van der Waals surface area contributed by atoms with Gasteiger partial charge in [-0.3, -0.25) is 9.59 Å². The molecular weight excluding hydrogens is 347 g/mol. The Morgan fingerprint density at radius 2 is 1.81 bits per heavy atom. The van der Waals surface area contributed by atoms with Crippen molar-refractivity contribution in [3.8, 4) is 0 Å². The molecule has 0 aliphatic carbocycles. The van der Waals surface area contributed by atoms with Crippen molar-refractivity contribution in [2.75, 3.05) is 13.1 Å². The van der Waals surface area contributed by atoms with Gasteiger partial charge in [-0.25, -0.2) is 5.01 Å². The number of halogens is 3. The van der Waals surface area contributed by atoms with Gasteiger partial charge in [-0.2, -0.15) is 18.3 Å². The normalized spacial score (nSPS) is 19.0. The predicted octanol–water partition coefficient (Wildman–Crippen LogP) is 2.96. The highest BCUT2D eigenvalue weighted by Crippen LogP contribution is 2.25. The van der Waals surface area contributed by atoms with E-state index in [1.54, 1.807) is 0 Å². The van der Waals surface area contributed by atoms with Crippen LogP contribution in [0.15, 0.2) is 35.4 Å². The standard InChI is InChI=1S/C18H20F3N3O2/c19-18(20,21)9-6-16(25)23-10-7-14(8-11-23)24-17(26)12-15(22-24)13-4-2-1-3-5-13/h1-5,14H,6-12H2. The molecule has 1 aromatic carbocycles. The Kier molecular flexibility index (Phi) is 5.29. The second kappa shape index (κ2) is 7.47. The summed E-state index contributed by atoms with van der Waals surface area (Å²) in [4.78, 5) is 25.6. The van der Waals surface area contributed by atoms with Crippen molar-refractivity contribution >= 4 is 17.5 Å². The van der Waals surface area contributed by atoms with Gasteiger partial charge in [0.15, 0.2) is 0 Å². The van der Waals surface area contributed by atoms with Gasteiger partial charge in [-0.05, 0) is 18.4 Å². The van der Waals surface area contributed by atoms with Gasteiger partial charge in [0.2, 0.25) is 11.8 Å². The number of rotatable bonds is 4. The maximum atomic E-state index is 12.3. The Morgan fingerprint density at radius 3 is 2.42 bits per heavy atom. The Balaban J connectivity index is 1.55. The van der Waals surface area contributed by atoms with Gasteiger partial charge in [0.05, 0.1) is 24.6 Å². The molecule has 0 N–H and O–H groups in total. The van der Waals surface area contributed by atoms with Gasteiger partial charge in [0.25, 0.3) is 0 Å². The Labute approximate surface area is 149 Å². The van der Waals surface area contributed by atoms with Gasteiger partial charge >= 0.3 is 6.18 Å². The number of nitrogens with zero attached hydrogens (tertiary/aromatic N) is 3. The average molecular weight is 367 g/mol. The van der Waals surface area contributed by atoms with Crippen LogP contribution in [0.3, 0.4) is 0 Å². The van der Waals surface area contributed by atoms with Crippen molar-refractivity contribution in [3.05, 3.63) is 35.9 Å². The topological polar surface area (TPSA) is 53.0 Å². The molecule has 8 heteroatoms. The molecule has 0 bridgehead atoms. The van der Waals surface area contributed by atoms with Crippen molar-refractivity contribution in [1.29, 1.82) is 0 Å². The first-order valence-corrected chi connectivity index (χ1v) is 8.63. The highest BCUT2D eigenvalue weighted by Gasteiger charge is 2.35. The number of hydrazone groups is 1. The number of hydrogen-bond acceptors (Lipinski definition) is 3. The number of carbonyl (C=O) groups excluding carboxylic acids is 2. The number of hydrogen-bond donors (Lipinski definition) is 0. The summed E-state index contributed by atoms with van der Waals surface area (Å²) in [5, 5.41) is 5.94. The first kappa shape index (κ1) is 18.4. The fraction of sp³-hybridized carbons (Fsp3) is 0.500. The maximum Gasteiger partial charge on any atom is 0.389 e. The summed E-state index contributed by atoms with van der Waals surface area (Å²) in [6, 6.07) is 9.35. The molecule has 1 saturated heterocycles. The van der Waals surface area contributed by atoms with Crippen LogP contribution in [0.2, 0.25) is 0 Å². The molecule has 5 nitrogen and oxygen atoms in total. The van der Waals surface area contributed by atoms with E-state index in [1.165, 1.54) is 9.91 Å². The molecule has 0 unspecified atom stereocenters. The largest absolute Gasteiger partial charge is 0.389 e. The van der Waals surface area contributed by atoms with E-state index in [1.807, 2.05) is 30.3 Å². The van der Waals surface area contributed by atoms with Crippen molar-refractivity contribution < 1.29 is 22.8 Å². The summed E-state index contributed by atoms with van der Waals surface area (Å²) in [6.07, 6.45) is -4.65. The molecule has 2 heterocycles. The fourth-order valence-corrected chi connectivity index (χ4v) is 3.29. The molecule has 1 aromatic rings. The maximum absolute atomic E-state index is 12.3. The van der Waals surface area contributed by atoms with Crippen LogP contribution >= 0.6 is 0 Å². The molecule has 2 amide bonds. The van der Waals surface area contributed by atoms with Crippen LogP contribution in [-0.4, -0.2) is 52.7 Å². The van der Waals surface area contributed by atoms with E-state index in [0.717, 1.165) is 11.3 Å². The molecular formula is C18H20F3N3O2. The zero-order valence-electron chi connectivity index (χ0n) is 14.2. The lowest BCUT2D eigenvalue weighted by Gasteiger charge is -2.35. The molecule has 0 atom stereocenters. The average Bonchev–Trinajstić information content (AvgIpc) is 3.02.